The molecule has 126 valence electrons. The third-order valence-corrected chi connectivity index (χ3v) is 5.27. The summed E-state index contributed by atoms with van der Waals surface area (Å²) in [5.74, 6) is 0.717. The number of carbonyl (C=O) groups excluding carboxylic acids is 2. The predicted octanol–water partition coefficient (Wildman–Crippen LogP) is 2.98. The number of hydrogen-bond acceptors (Lipinski definition) is 4. The van der Waals surface area contributed by atoms with Gasteiger partial charge in [0, 0.05) is 29.2 Å². The minimum atomic E-state index is -0.0139. The summed E-state index contributed by atoms with van der Waals surface area (Å²) in [7, 11) is 0. The second-order valence-corrected chi connectivity index (χ2v) is 7.35. The predicted molar refractivity (Wildman–Crippen MR) is 96.1 cm³/mol. The third-order valence-electron chi connectivity index (χ3n) is 4.10. The first-order chi connectivity index (χ1) is 11.0. The van der Waals surface area contributed by atoms with E-state index in [0.29, 0.717) is 22.1 Å². The van der Waals surface area contributed by atoms with Crippen molar-refractivity contribution >= 4 is 35.1 Å². The molecule has 1 aliphatic heterocycles. The maximum Gasteiger partial charge on any atom is 0.232 e. The Morgan fingerprint density at radius 1 is 1.30 bits per heavy atom. The molecule has 2 unspecified atom stereocenters. The summed E-state index contributed by atoms with van der Waals surface area (Å²) in [5, 5.41) is 0.608. The van der Waals surface area contributed by atoms with Crippen molar-refractivity contribution in [1.82, 2.24) is 4.90 Å². The Labute approximate surface area is 146 Å². The molecule has 0 bridgehead atoms. The molecule has 2 N–H and O–H groups in total. The molecule has 23 heavy (non-hydrogen) atoms. The molecule has 0 aromatic heterocycles. The fourth-order valence-corrected chi connectivity index (χ4v) is 3.77. The van der Waals surface area contributed by atoms with E-state index in [1.54, 1.807) is 24.3 Å². The highest BCUT2D eigenvalue weighted by Crippen LogP contribution is 2.20. The number of hydrogen-bond donors (Lipinski definition) is 1. The molecular weight excluding hydrogens is 332 g/mol. The number of rotatable bonds is 6. The molecule has 4 nitrogen and oxygen atoms in total. The lowest BCUT2D eigenvalue weighted by molar-refractivity contribution is -0.132. The lowest BCUT2D eigenvalue weighted by Gasteiger charge is -2.38. The minimum Gasteiger partial charge on any atom is -0.337 e. The fourth-order valence-electron chi connectivity index (χ4n) is 2.85. The van der Waals surface area contributed by atoms with Crippen LogP contribution in [0.3, 0.4) is 0 Å². The standard InChI is InChI=1S/C17H23ClN2O2S/c1-12(19)15-4-2-3-9-20(15)17(22)11-23-10-16(21)13-5-7-14(18)8-6-13/h5-8,12,15H,2-4,9-11,19H2,1H3. The minimum absolute atomic E-state index is 0.0139. The van der Waals surface area contributed by atoms with E-state index in [1.807, 2.05) is 11.8 Å². The lowest BCUT2D eigenvalue weighted by Crippen LogP contribution is -2.52. The second kappa shape index (κ2) is 8.71. The normalized spacial score (nSPS) is 19.4. The number of carbonyl (C=O) groups is 2. The number of halogens is 1. The highest BCUT2D eigenvalue weighted by atomic mass is 35.5. The Morgan fingerprint density at radius 2 is 2.00 bits per heavy atom. The van der Waals surface area contributed by atoms with E-state index in [1.165, 1.54) is 11.8 Å². The van der Waals surface area contributed by atoms with Crippen LogP contribution in [0.15, 0.2) is 24.3 Å². The topological polar surface area (TPSA) is 63.4 Å². The van der Waals surface area contributed by atoms with Gasteiger partial charge in [0.1, 0.15) is 0 Å². The Hall–Kier alpha value is -1.04. The molecule has 6 heteroatoms. The number of nitrogens with zero attached hydrogens (tertiary/aromatic N) is 1. The Bertz CT molecular complexity index is 548. The summed E-state index contributed by atoms with van der Waals surface area (Å²) in [6, 6.07) is 6.94. The molecule has 2 rings (SSSR count). The van der Waals surface area contributed by atoms with E-state index in [0.717, 1.165) is 25.8 Å². The summed E-state index contributed by atoms with van der Waals surface area (Å²) < 4.78 is 0. The summed E-state index contributed by atoms with van der Waals surface area (Å²) in [4.78, 5) is 26.4. The van der Waals surface area contributed by atoms with Gasteiger partial charge in [-0.3, -0.25) is 9.59 Å². The number of ketones is 1. The molecule has 0 spiro atoms. The van der Waals surface area contributed by atoms with Crippen molar-refractivity contribution in [2.45, 2.75) is 38.3 Å². The first kappa shape index (κ1) is 18.3. The number of piperidine rings is 1. The van der Waals surface area contributed by atoms with Gasteiger partial charge >= 0.3 is 0 Å². The zero-order valence-electron chi connectivity index (χ0n) is 13.3. The quantitative estimate of drug-likeness (QED) is 0.798. The van der Waals surface area contributed by atoms with Crippen LogP contribution in [0.25, 0.3) is 0 Å². The third kappa shape index (κ3) is 5.23. The summed E-state index contributed by atoms with van der Waals surface area (Å²) >= 11 is 7.17. The molecule has 1 aliphatic rings. The van der Waals surface area contributed by atoms with Gasteiger partial charge in [-0.1, -0.05) is 11.6 Å². The maximum absolute atomic E-state index is 12.4. The van der Waals surface area contributed by atoms with E-state index in [2.05, 4.69) is 0 Å². The molecule has 1 heterocycles. The lowest BCUT2D eigenvalue weighted by atomic mass is 9.97. The average Bonchev–Trinajstić information content (AvgIpc) is 2.55. The summed E-state index contributed by atoms with van der Waals surface area (Å²) in [5.41, 5.74) is 6.62. The van der Waals surface area contributed by atoms with Gasteiger partial charge in [0.15, 0.2) is 5.78 Å². The van der Waals surface area contributed by atoms with Crippen LogP contribution in [0.1, 0.15) is 36.5 Å². The van der Waals surface area contributed by atoms with E-state index >= 15 is 0 Å². The molecule has 1 aromatic carbocycles. The van der Waals surface area contributed by atoms with Crippen molar-refractivity contribution in [3.05, 3.63) is 34.9 Å². The largest absolute Gasteiger partial charge is 0.337 e. The number of benzene rings is 1. The van der Waals surface area contributed by atoms with Crippen molar-refractivity contribution in [3.63, 3.8) is 0 Å². The van der Waals surface area contributed by atoms with Crippen LogP contribution in [0, 0.1) is 0 Å². The SMILES string of the molecule is CC(N)C1CCCCN1C(=O)CSCC(=O)c1ccc(Cl)cc1. The maximum atomic E-state index is 12.4. The van der Waals surface area contributed by atoms with Crippen molar-refractivity contribution in [1.29, 1.82) is 0 Å². The van der Waals surface area contributed by atoms with Gasteiger partial charge in [-0.15, -0.1) is 11.8 Å². The summed E-state index contributed by atoms with van der Waals surface area (Å²) in [6.07, 6.45) is 3.12. The molecule has 0 radical (unpaired) electrons. The molecular formula is C17H23ClN2O2S. The Kier molecular flexibility index (Phi) is 6.93. The molecule has 1 saturated heterocycles. The van der Waals surface area contributed by atoms with Crippen LogP contribution in [0.4, 0.5) is 0 Å². The van der Waals surface area contributed by atoms with Crippen LogP contribution in [-0.4, -0.2) is 46.7 Å². The zero-order valence-corrected chi connectivity index (χ0v) is 14.9. The molecule has 1 amide bonds. The highest BCUT2D eigenvalue weighted by molar-refractivity contribution is 8.00. The number of likely N-dealkylation sites (tertiary alicyclic amines) is 1. The summed E-state index contributed by atoms with van der Waals surface area (Å²) in [6.45, 7) is 2.73. The van der Waals surface area contributed by atoms with Crippen LogP contribution in [-0.2, 0) is 4.79 Å². The van der Waals surface area contributed by atoms with Gasteiger partial charge in [-0.25, -0.2) is 0 Å². The van der Waals surface area contributed by atoms with Gasteiger partial charge in [0.05, 0.1) is 11.5 Å². The smallest absolute Gasteiger partial charge is 0.232 e. The van der Waals surface area contributed by atoms with E-state index in [9.17, 15) is 9.59 Å². The van der Waals surface area contributed by atoms with Crippen molar-refractivity contribution in [2.24, 2.45) is 5.73 Å². The van der Waals surface area contributed by atoms with Crippen LogP contribution in [0.2, 0.25) is 5.02 Å². The monoisotopic (exact) mass is 354 g/mol. The van der Waals surface area contributed by atoms with Crippen LogP contribution in [0.5, 0.6) is 0 Å². The number of thioether (sulfide) groups is 1. The van der Waals surface area contributed by atoms with Gasteiger partial charge < -0.3 is 10.6 Å². The molecule has 1 aromatic rings. The van der Waals surface area contributed by atoms with Crippen LogP contribution < -0.4 is 5.73 Å². The first-order valence-corrected chi connectivity index (χ1v) is 9.44. The Balaban J connectivity index is 1.81. The van der Waals surface area contributed by atoms with E-state index < -0.39 is 0 Å². The second-order valence-electron chi connectivity index (χ2n) is 5.93. The molecule has 0 aliphatic carbocycles. The molecule has 1 fully saturated rings. The number of amides is 1. The van der Waals surface area contributed by atoms with Gasteiger partial charge in [0.25, 0.3) is 0 Å². The van der Waals surface area contributed by atoms with Gasteiger partial charge in [-0.05, 0) is 50.5 Å². The highest BCUT2D eigenvalue weighted by Gasteiger charge is 2.28. The van der Waals surface area contributed by atoms with Gasteiger partial charge in [-0.2, -0.15) is 0 Å². The van der Waals surface area contributed by atoms with Crippen molar-refractivity contribution < 1.29 is 9.59 Å². The first-order valence-electron chi connectivity index (χ1n) is 7.90. The average molecular weight is 355 g/mol. The van der Waals surface area contributed by atoms with Crippen molar-refractivity contribution in [2.75, 3.05) is 18.1 Å². The Morgan fingerprint density at radius 3 is 2.65 bits per heavy atom. The number of Topliss-reactive ketones (excluding diaryl/α,β-unsaturated/α-hetero) is 1. The zero-order chi connectivity index (χ0) is 16.8. The van der Waals surface area contributed by atoms with E-state index in [-0.39, 0.29) is 23.8 Å². The van der Waals surface area contributed by atoms with Crippen LogP contribution >= 0.6 is 23.4 Å². The van der Waals surface area contributed by atoms with E-state index in [4.69, 9.17) is 17.3 Å². The fraction of sp³-hybridized carbons (Fsp3) is 0.529. The van der Waals surface area contributed by atoms with Gasteiger partial charge in [0.2, 0.25) is 5.91 Å². The van der Waals surface area contributed by atoms with Crippen molar-refractivity contribution in [3.8, 4) is 0 Å². The molecule has 0 saturated carbocycles. The molecule has 2 atom stereocenters. The number of nitrogens with two attached hydrogens (primary N) is 1.